The summed E-state index contributed by atoms with van der Waals surface area (Å²) < 4.78 is 16.2. The molecule has 0 amide bonds. The minimum atomic E-state index is -0.748. The summed E-state index contributed by atoms with van der Waals surface area (Å²) in [7, 11) is 3.18. The van der Waals surface area contributed by atoms with Crippen LogP contribution in [-0.2, 0) is 0 Å². The normalized spacial score (nSPS) is 12.3. The topological polar surface area (TPSA) is 51.8 Å². The molecule has 1 atom stereocenters. The van der Waals surface area contributed by atoms with Crippen molar-refractivity contribution in [3.05, 3.63) is 45.9 Å². The van der Waals surface area contributed by atoms with Crippen LogP contribution in [0.15, 0.2) is 16.5 Å². The first kappa shape index (κ1) is 15.4. The van der Waals surface area contributed by atoms with Crippen molar-refractivity contribution in [1.29, 1.82) is 0 Å². The molecule has 1 heterocycles. The Morgan fingerprint density at radius 2 is 1.52 bits per heavy atom. The smallest absolute Gasteiger partial charge is 0.161 e. The van der Waals surface area contributed by atoms with Crippen molar-refractivity contribution >= 4 is 0 Å². The number of hydrogen-bond donors (Lipinski definition) is 1. The van der Waals surface area contributed by atoms with Crippen molar-refractivity contribution in [2.45, 2.75) is 33.8 Å². The van der Waals surface area contributed by atoms with Crippen LogP contribution in [-0.4, -0.2) is 19.3 Å². The lowest BCUT2D eigenvalue weighted by atomic mass is 9.94. The largest absolute Gasteiger partial charge is 0.493 e. The summed E-state index contributed by atoms with van der Waals surface area (Å²) in [6.45, 7) is 7.67. The average Bonchev–Trinajstić information content (AvgIpc) is 2.71. The first-order chi connectivity index (χ1) is 9.90. The summed E-state index contributed by atoms with van der Waals surface area (Å²) in [4.78, 5) is 0. The molecule has 1 aromatic carbocycles. The van der Waals surface area contributed by atoms with Gasteiger partial charge in [0.1, 0.15) is 17.6 Å². The molecular formula is C17H22O4. The molecule has 0 saturated carbocycles. The second-order valence-electron chi connectivity index (χ2n) is 5.22. The number of rotatable bonds is 4. The molecule has 1 unspecified atom stereocenters. The molecule has 4 heteroatoms. The van der Waals surface area contributed by atoms with Gasteiger partial charge in [0.25, 0.3) is 0 Å². The highest BCUT2D eigenvalue weighted by molar-refractivity contribution is 5.50. The summed E-state index contributed by atoms with van der Waals surface area (Å²) in [6, 6.07) is 3.69. The van der Waals surface area contributed by atoms with Crippen molar-refractivity contribution in [2.75, 3.05) is 14.2 Å². The van der Waals surface area contributed by atoms with Crippen molar-refractivity contribution in [1.82, 2.24) is 0 Å². The predicted molar refractivity (Wildman–Crippen MR) is 81.3 cm³/mol. The van der Waals surface area contributed by atoms with Crippen LogP contribution in [0.1, 0.15) is 39.9 Å². The van der Waals surface area contributed by atoms with Crippen LogP contribution in [0.2, 0.25) is 0 Å². The standard InChI is InChI=1S/C17H22O4/c1-9-7-14(19-5)15(20-6)8-13(9)17(18)16-10(2)11(3)21-12(16)4/h7-8,17-18H,1-6H3. The summed E-state index contributed by atoms with van der Waals surface area (Å²) >= 11 is 0. The van der Waals surface area contributed by atoms with E-state index in [-0.39, 0.29) is 0 Å². The van der Waals surface area contributed by atoms with Gasteiger partial charge in [0, 0.05) is 5.56 Å². The Morgan fingerprint density at radius 3 is 2.00 bits per heavy atom. The zero-order valence-corrected chi connectivity index (χ0v) is 13.4. The SMILES string of the molecule is COc1cc(C)c(C(O)c2c(C)oc(C)c2C)cc1OC. The fourth-order valence-electron chi connectivity index (χ4n) is 2.66. The van der Waals surface area contributed by atoms with Crippen molar-refractivity contribution in [2.24, 2.45) is 0 Å². The van der Waals surface area contributed by atoms with Crippen LogP contribution in [0.25, 0.3) is 0 Å². The number of ether oxygens (including phenoxy) is 2. The number of aliphatic hydroxyl groups is 1. The summed E-state index contributed by atoms with van der Waals surface area (Å²) in [5.74, 6) is 2.84. The van der Waals surface area contributed by atoms with E-state index in [2.05, 4.69) is 0 Å². The number of aryl methyl sites for hydroxylation is 3. The van der Waals surface area contributed by atoms with Gasteiger partial charge in [-0.3, -0.25) is 0 Å². The molecule has 21 heavy (non-hydrogen) atoms. The Bertz CT molecular complexity index is 655. The van der Waals surface area contributed by atoms with E-state index in [1.165, 1.54) is 0 Å². The highest BCUT2D eigenvalue weighted by atomic mass is 16.5. The van der Waals surface area contributed by atoms with E-state index in [0.29, 0.717) is 11.5 Å². The van der Waals surface area contributed by atoms with Crippen LogP contribution < -0.4 is 9.47 Å². The van der Waals surface area contributed by atoms with E-state index in [1.807, 2.05) is 39.8 Å². The molecule has 1 N–H and O–H groups in total. The molecule has 0 radical (unpaired) electrons. The quantitative estimate of drug-likeness (QED) is 0.934. The third-order valence-electron chi connectivity index (χ3n) is 3.96. The van der Waals surface area contributed by atoms with E-state index in [0.717, 1.165) is 33.8 Å². The Kier molecular flexibility index (Phi) is 4.28. The zero-order chi connectivity index (χ0) is 15.7. The molecule has 0 aliphatic carbocycles. The Labute approximate surface area is 125 Å². The number of furan rings is 1. The second kappa shape index (κ2) is 5.82. The van der Waals surface area contributed by atoms with E-state index >= 15 is 0 Å². The van der Waals surface area contributed by atoms with Gasteiger partial charge in [-0.15, -0.1) is 0 Å². The third kappa shape index (κ3) is 2.63. The molecule has 2 aromatic rings. The van der Waals surface area contributed by atoms with Crippen molar-refractivity contribution in [3.8, 4) is 11.5 Å². The minimum Gasteiger partial charge on any atom is -0.493 e. The average molecular weight is 290 g/mol. The summed E-state index contributed by atoms with van der Waals surface area (Å²) in [6.07, 6.45) is -0.748. The van der Waals surface area contributed by atoms with Gasteiger partial charge in [-0.25, -0.2) is 0 Å². The first-order valence-electron chi connectivity index (χ1n) is 6.87. The maximum Gasteiger partial charge on any atom is 0.161 e. The van der Waals surface area contributed by atoms with E-state index < -0.39 is 6.10 Å². The number of benzene rings is 1. The van der Waals surface area contributed by atoms with Gasteiger partial charge >= 0.3 is 0 Å². The van der Waals surface area contributed by atoms with Gasteiger partial charge in [0.15, 0.2) is 11.5 Å². The summed E-state index contributed by atoms with van der Waals surface area (Å²) in [5, 5.41) is 10.8. The second-order valence-corrected chi connectivity index (χ2v) is 5.22. The lowest BCUT2D eigenvalue weighted by Gasteiger charge is -2.17. The first-order valence-corrected chi connectivity index (χ1v) is 6.87. The van der Waals surface area contributed by atoms with Crippen LogP contribution in [0.5, 0.6) is 11.5 Å². The van der Waals surface area contributed by atoms with E-state index in [9.17, 15) is 5.11 Å². The fraction of sp³-hybridized carbons (Fsp3) is 0.412. The number of aliphatic hydroxyl groups excluding tert-OH is 1. The van der Waals surface area contributed by atoms with Gasteiger partial charge < -0.3 is 19.0 Å². The molecule has 0 spiro atoms. The van der Waals surface area contributed by atoms with Gasteiger partial charge in [-0.05, 0) is 56.5 Å². The van der Waals surface area contributed by atoms with Crippen molar-refractivity contribution in [3.63, 3.8) is 0 Å². The highest BCUT2D eigenvalue weighted by Crippen LogP contribution is 2.37. The van der Waals surface area contributed by atoms with E-state index in [1.54, 1.807) is 14.2 Å². The summed E-state index contributed by atoms with van der Waals surface area (Å²) in [5.41, 5.74) is 3.54. The minimum absolute atomic E-state index is 0.604. The van der Waals surface area contributed by atoms with E-state index in [4.69, 9.17) is 13.9 Å². The number of methoxy groups -OCH3 is 2. The molecule has 1 aromatic heterocycles. The Balaban J connectivity index is 2.55. The molecule has 0 fully saturated rings. The Morgan fingerprint density at radius 1 is 0.952 bits per heavy atom. The molecule has 0 aliphatic heterocycles. The maximum absolute atomic E-state index is 10.8. The van der Waals surface area contributed by atoms with Gasteiger partial charge in [0.2, 0.25) is 0 Å². The molecule has 4 nitrogen and oxygen atoms in total. The van der Waals surface area contributed by atoms with Gasteiger partial charge in [0.05, 0.1) is 14.2 Å². The van der Waals surface area contributed by atoms with Crippen LogP contribution in [0.4, 0.5) is 0 Å². The predicted octanol–water partition coefficient (Wildman–Crippen LogP) is 3.61. The Hall–Kier alpha value is -1.94. The third-order valence-corrected chi connectivity index (χ3v) is 3.96. The monoisotopic (exact) mass is 290 g/mol. The molecule has 0 bridgehead atoms. The van der Waals surface area contributed by atoms with Crippen LogP contribution in [0.3, 0.4) is 0 Å². The zero-order valence-electron chi connectivity index (χ0n) is 13.4. The number of hydrogen-bond acceptors (Lipinski definition) is 4. The molecular weight excluding hydrogens is 268 g/mol. The fourth-order valence-corrected chi connectivity index (χ4v) is 2.66. The molecule has 0 aliphatic rings. The van der Waals surface area contributed by atoms with Crippen molar-refractivity contribution < 1.29 is 19.0 Å². The highest BCUT2D eigenvalue weighted by Gasteiger charge is 2.23. The lowest BCUT2D eigenvalue weighted by molar-refractivity contribution is 0.215. The molecule has 2 rings (SSSR count). The maximum atomic E-state index is 10.8. The molecule has 114 valence electrons. The van der Waals surface area contributed by atoms with Crippen LogP contribution >= 0.6 is 0 Å². The molecule has 0 saturated heterocycles. The van der Waals surface area contributed by atoms with Gasteiger partial charge in [-0.1, -0.05) is 0 Å². The van der Waals surface area contributed by atoms with Gasteiger partial charge in [-0.2, -0.15) is 0 Å². The lowest BCUT2D eigenvalue weighted by Crippen LogP contribution is -2.05. The van der Waals surface area contributed by atoms with Crippen LogP contribution in [0, 0.1) is 27.7 Å².